The Kier molecular flexibility index (Phi) is 5.23. The van der Waals surface area contributed by atoms with Crippen molar-refractivity contribution >= 4 is 12.0 Å². The fourth-order valence-corrected chi connectivity index (χ4v) is 1.32. The van der Waals surface area contributed by atoms with Crippen molar-refractivity contribution in [2.45, 2.75) is 25.7 Å². The van der Waals surface area contributed by atoms with Crippen molar-refractivity contribution in [1.82, 2.24) is 0 Å². The molecule has 0 heterocycles. The van der Waals surface area contributed by atoms with Crippen molar-refractivity contribution in [3.63, 3.8) is 0 Å². The molecule has 1 aromatic rings. The van der Waals surface area contributed by atoms with Crippen molar-refractivity contribution in [3.05, 3.63) is 42.0 Å². The molecule has 0 unspecified atom stereocenters. The van der Waals surface area contributed by atoms with Gasteiger partial charge in [0.05, 0.1) is 0 Å². The smallest absolute Gasteiger partial charge is 0.303 e. The Morgan fingerprint density at radius 3 is 2.60 bits per heavy atom. The number of carboxylic acids is 1. The van der Waals surface area contributed by atoms with Crippen LogP contribution in [-0.2, 0) is 4.79 Å². The van der Waals surface area contributed by atoms with Gasteiger partial charge in [-0.3, -0.25) is 4.79 Å². The molecule has 0 aliphatic heterocycles. The minimum absolute atomic E-state index is 0.277. The molecule has 80 valence electrons. The number of carboxylic acid groups (broad SMARTS) is 1. The van der Waals surface area contributed by atoms with Gasteiger partial charge in [-0.15, -0.1) is 0 Å². The van der Waals surface area contributed by atoms with Crippen LogP contribution < -0.4 is 0 Å². The third-order valence-corrected chi connectivity index (χ3v) is 2.12. The second-order valence-corrected chi connectivity index (χ2v) is 3.45. The van der Waals surface area contributed by atoms with E-state index in [1.54, 1.807) is 0 Å². The van der Waals surface area contributed by atoms with E-state index in [1.165, 1.54) is 5.56 Å². The summed E-state index contributed by atoms with van der Waals surface area (Å²) >= 11 is 0. The molecule has 0 atom stereocenters. The summed E-state index contributed by atoms with van der Waals surface area (Å²) in [4.78, 5) is 10.2. The molecule has 0 bridgehead atoms. The number of carbonyl (C=O) groups is 1. The molecule has 2 heteroatoms. The van der Waals surface area contributed by atoms with Crippen molar-refractivity contribution in [2.24, 2.45) is 0 Å². The van der Waals surface area contributed by atoms with Crippen LogP contribution in [0.3, 0.4) is 0 Å². The van der Waals surface area contributed by atoms with Gasteiger partial charge in [-0.25, -0.2) is 0 Å². The molecular weight excluding hydrogens is 188 g/mol. The summed E-state index contributed by atoms with van der Waals surface area (Å²) < 4.78 is 0. The largest absolute Gasteiger partial charge is 0.481 e. The number of benzene rings is 1. The van der Waals surface area contributed by atoms with Crippen LogP contribution in [0.25, 0.3) is 6.08 Å². The lowest BCUT2D eigenvalue weighted by Crippen LogP contribution is -1.92. The number of rotatable bonds is 6. The molecule has 0 amide bonds. The molecule has 0 spiro atoms. The van der Waals surface area contributed by atoms with Gasteiger partial charge in [0.25, 0.3) is 0 Å². The minimum atomic E-state index is -0.706. The van der Waals surface area contributed by atoms with Crippen LogP contribution in [0.5, 0.6) is 0 Å². The Balaban J connectivity index is 2.15. The normalized spacial score (nSPS) is 10.7. The maximum Gasteiger partial charge on any atom is 0.303 e. The van der Waals surface area contributed by atoms with Crippen LogP contribution in [0.4, 0.5) is 0 Å². The van der Waals surface area contributed by atoms with Crippen molar-refractivity contribution < 1.29 is 9.90 Å². The first kappa shape index (κ1) is 11.5. The SMILES string of the molecule is O=C(O)CCCC/C=C\c1ccccc1. The van der Waals surface area contributed by atoms with Crippen LogP contribution in [0, 0.1) is 0 Å². The van der Waals surface area contributed by atoms with Gasteiger partial charge < -0.3 is 5.11 Å². The zero-order valence-electron chi connectivity index (χ0n) is 8.73. The molecule has 1 N–H and O–H groups in total. The van der Waals surface area contributed by atoms with Gasteiger partial charge in [0, 0.05) is 6.42 Å². The standard InChI is InChI=1S/C13H16O2/c14-13(15)11-7-2-1-4-8-12-9-5-3-6-10-12/h3-6,8-10H,1-2,7,11H2,(H,14,15)/b8-4-. The van der Waals surface area contributed by atoms with Crippen LogP contribution in [0.1, 0.15) is 31.2 Å². The second-order valence-electron chi connectivity index (χ2n) is 3.45. The van der Waals surface area contributed by atoms with E-state index in [0.29, 0.717) is 0 Å². The molecule has 0 aromatic heterocycles. The van der Waals surface area contributed by atoms with Gasteiger partial charge in [0.1, 0.15) is 0 Å². The van der Waals surface area contributed by atoms with Crippen LogP contribution >= 0.6 is 0 Å². The molecule has 1 aromatic carbocycles. The average molecular weight is 204 g/mol. The first-order chi connectivity index (χ1) is 7.29. The van der Waals surface area contributed by atoms with Gasteiger partial charge in [-0.2, -0.15) is 0 Å². The van der Waals surface area contributed by atoms with E-state index in [9.17, 15) is 4.79 Å². The summed E-state index contributed by atoms with van der Waals surface area (Å²) in [5.74, 6) is -0.706. The van der Waals surface area contributed by atoms with E-state index >= 15 is 0 Å². The molecule has 2 nitrogen and oxygen atoms in total. The lowest BCUT2D eigenvalue weighted by molar-refractivity contribution is -0.137. The summed E-state index contributed by atoms with van der Waals surface area (Å²) in [6, 6.07) is 10.1. The Labute approximate surface area is 90.3 Å². The summed E-state index contributed by atoms with van der Waals surface area (Å²) in [6.07, 6.45) is 7.09. The summed E-state index contributed by atoms with van der Waals surface area (Å²) in [7, 11) is 0. The summed E-state index contributed by atoms with van der Waals surface area (Å²) in [6.45, 7) is 0. The zero-order chi connectivity index (χ0) is 10.9. The molecule has 0 radical (unpaired) electrons. The lowest BCUT2D eigenvalue weighted by Gasteiger charge is -1.94. The molecule has 0 fully saturated rings. The first-order valence-electron chi connectivity index (χ1n) is 5.22. The Morgan fingerprint density at radius 1 is 1.20 bits per heavy atom. The fourth-order valence-electron chi connectivity index (χ4n) is 1.32. The molecular formula is C13H16O2. The Hall–Kier alpha value is -1.57. The highest BCUT2D eigenvalue weighted by atomic mass is 16.4. The predicted octanol–water partition coefficient (Wildman–Crippen LogP) is 3.34. The Morgan fingerprint density at radius 2 is 1.93 bits per heavy atom. The Bertz CT molecular complexity index is 315. The van der Waals surface area contributed by atoms with Crippen molar-refractivity contribution in [3.8, 4) is 0 Å². The number of unbranched alkanes of at least 4 members (excludes halogenated alkanes) is 2. The van der Waals surface area contributed by atoms with E-state index in [4.69, 9.17) is 5.11 Å². The summed E-state index contributed by atoms with van der Waals surface area (Å²) in [5, 5.41) is 8.43. The maximum atomic E-state index is 10.2. The molecule has 0 saturated heterocycles. The van der Waals surface area contributed by atoms with Crippen molar-refractivity contribution in [1.29, 1.82) is 0 Å². The van der Waals surface area contributed by atoms with E-state index in [0.717, 1.165) is 19.3 Å². The quantitative estimate of drug-likeness (QED) is 0.721. The molecule has 0 aliphatic carbocycles. The number of aliphatic carboxylic acids is 1. The molecule has 0 aliphatic rings. The van der Waals surface area contributed by atoms with Crippen molar-refractivity contribution in [2.75, 3.05) is 0 Å². The monoisotopic (exact) mass is 204 g/mol. The van der Waals surface area contributed by atoms with E-state index in [1.807, 2.05) is 30.3 Å². The van der Waals surface area contributed by atoms with Gasteiger partial charge in [0.15, 0.2) is 0 Å². The van der Waals surface area contributed by atoms with Gasteiger partial charge >= 0.3 is 5.97 Å². The third kappa shape index (κ3) is 5.68. The topological polar surface area (TPSA) is 37.3 Å². The average Bonchev–Trinajstić information content (AvgIpc) is 2.24. The minimum Gasteiger partial charge on any atom is -0.481 e. The maximum absolute atomic E-state index is 10.2. The molecule has 15 heavy (non-hydrogen) atoms. The highest BCUT2D eigenvalue weighted by Crippen LogP contribution is 2.05. The zero-order valence-corrected chi connectivity index (χ0v) is 8.73. The number of hydrogen-bond donors (Lipinski definition) is 1. The first-order valence-corrected chi connectivity index (χ1v) is 5.22. The number of allylic oxidation sites excluding steroid dienone is 1. The van der Waals surface area contributed by atoms with E-state index in [-0.39, 0.29) is 6.42 Å². The van der Waals surface area contributed by atoms with Gasteiger partial charge in [-0.05, 0) is 24.8 Å². The van der Waals surface area contributed by atoms with Crippen LogP contribution in [0.15, 0.2) is 36.4 Å². The fraction of sp³-hybridized carbons (Fsp3) is 0.308. The molecule has 1 rings (SSSR count). The van der Waals surface area contributed by atoms with E-state index < -0.39 is 5.97 Å². The summed E-state index contributed by atoms with van der Waals surface area (Å²) in [5.41, 5.74) is 1.19. The lowest BCUT2D eigenvalue weighted by atomic mass is 10.1. The highest BCUT2D eigenvalue weighted by molar-refractivity contribution is 5.66. The third-order valence-electron chi connectivity index (χ3n) is 2.12. The van der Waals surface area contributed by atoms with Crippen LogP contribution in [0.2, 0.25) is 0 Å². The van der Waals surface area contributed by atoms with Gasteiger partial charge in [-0.1, -0.05) is 42.5 Å². The highest BCUT2D eigenvalue weighted by Gasteiger charge is 1.94. The predicted molar refractivity (Wildman–Crippen MR) is 61.6 cm³/mol. The van der Waals surface area contributed by atoms with Crippen LogP contribution in [-0.4, -0.2) is 11.1 Å². The molecule has 0 saturated carbocycles. The number of hydrogen-bond acceptors (Lipinski definition) is 1. The van der Waals surface area contributed by atoms with Gasteiger partial charge in [0.2, 0.25) is 0 Å². The second kappa shape index (κ2) is 6.82. The van der Waals surface area contributed by atoms with E-state index in [2.05, 4.69) is 12.2 Å².